The fraction of sp³-hybridized carbons (Fsp3) is 0.636. The normalized spacial score (nSPS) is 21.7. The Bertz CT molecular complexity index is 730. The average Bonchev–Trinajstić information content (AvgIpc) is 3.13. The number of aliphatic hydroxyl groups excluding tert-OH is 1. The van der Waals surface area contributed by atoms with E-state index < -0.39 is 0 Å². The third kappa shape index (κ3) is 4.37. The number of morpholine rings is 1. The summed E-state index contributed by atoms with van der Waals surface area (Å²) in [4.78, 5) is 8.28. The Morgan fingerprint density at radius 2 is 1.81 bits per heavy atom. The Morgan fingerprint density at radius 3 is 2.52 bits per heavy atom. The molecule has 5 heteroatoms. The lowest BCUT2D eigenvalue weighted by Gasteiger charge is -2.35. The van der Waals surface area contributed by atoms with E-state index in [-0.39, 0.29) is 6.10 Å². The van der Waals surface area contributed by atoms with Crippen LogP contribution in [-0.4, -0.2) is 78.5 Å². The summed E-state index contributed by atoms with van der Waals surface area (Å²) in [5.74, 6) is 0.624. The molecule has 0 bridgehead atoms. The van der Waals surface area contributed by atoms with Crippen molar-refractivity contribution in [3.05, 3.63) is 35.5 Å². The van der Waals surface area contributed by atoms with Crippen LogP contribution in [0.3, 0.4) is 0 Å². The summed E-state index contributed by atoms with van der Waals surface area (Å²) < 4.78 is 5.39. The lowest BCUT2D eigenvalue weighted by Crippen LogP contribution is -2.46. The van der Waals surface area contributed by atoms with Gasteiger partial charge in [0.15, 0.2) is 0 Å². The molecule has 3 heterocycles. The predicted molar refractivity (Wildman–Crippen MR) is 109 cm³/mol. The number of aromatic amines is 1. The molecule has 148 valence electrons. The number of fused-ring (bicyclic) bond motifs is 1. The van der Waals surface area contributed by atoms with Crippen LogP contribution in [-0.2, 0) is 11.2 Å². The van der Waals surface area contributed by atoms with Gasteiger partial charge in [0, 0.05) is 43.3 Å². The Balaban J connectivity index is 1.31. The quantitative estimate of drug-likeness (QED) is 0.820. The van der Waals surface area contributed by atoms with Crippen molar-refractivity contribution in [1.29, 1.82) is 0 Å². The number of rotatable bonds is 6. The summed E-state index contributed by atoms with van der Waals surface area (Å²) in [6, 6.07) is 6.68. The van der Waals surface area contributed by atoms with Crippen molar-refractivity contribution in [2.45, 2.75) is 38.2 Å². The van der Waals surface area contributed by atoms with Gasteiger partial charge >= 0.3 is 0 Å². The van der Waals surface area contributed by atoms with E-state index in [1.54, 1.807) is 0 Å². The highest BCUT2D eigenvalue weighted by Crippen LogP contribution is 2.34. The highest BCUT2D eigenvalue weighted by atomic mass is 16.5. The Kier molecular flexibility index (Phi) is 6.13. The van der Waals surface area contributed by atoms with Gasteiger partial charge in [0.1, 0.15) is 0 Å². The van der Waals surface area contributed by atoms with Crippen molar-refractivity contribution >= 4 is 10.9 Å². The van der Waals surface area contributed by atoms with Crippen LogP contribution in [0.15, 0.2) is 24.4 Å². The van der Waals surface area contributed by atoms with E-state index >= 15 is 0 Å². The minimum Gasteiger partial charge on any atom is -0.390 e. The number of ether oxygens (including phenoxy) is 1. The van der Waals surface area contributed by atoms with E-state index in [2.05, 4.69) is 46.1 Å². The number of nitrogens with one attached hydrogen (secondary N) is 1. The van der Waals surface area contributed by atoms with Crippen LogP contribution in [0, 0.1) is 0 Å². The maximum Gasteiger partial charge on any atom is 0.0793 e. The van der Waals surface area contributed by atoms with Gasteiger partial charge in [0.05, 0.1) is 19.3 Å². The van der Waals surface area contributed by atoms with E-state index in [1.807, 2.05) is 0 Å². The topological polar surface area (TPSA) is 51.7 Å². The zero-order chi connectivity index (χ0) is 18.6. The molecular formula is C22H33N3O2. The molecule has 1 atom stereocenters. The molecule has 2 fully saturated rings. The lowest BCUT2D eigenvalue weighted by molar-refractivity contribution is 0.00510. The Morgan fingerprint density at radius 1 is 1.11 bits per heavy atom. The van der Waals surface area contributed by atoms with Crippen LogP contribution in [0.25, 0.3) is 10.9 Å². The molecule has 1 unspecified atom stereocenters. The van der Waals surface area contributed by atoms with E-state index in [1.165, 1.54) is 34.9 Å². The van der Waals surface area contributed by atoms with Gasteiger partial charge in [-0.15, -0.1) is 0 Å². The fourth-order valence-corrected chi connectivity index (χ4v) is 4.74. The first-order valence-electron chi connectivity index (χ1n) is 10.5. The van der Waals surface area contributed by atoms with Crippen LogP contribution in [0.4, 0.5) is 0 Å². The number of aromatic nitrogens is 1. The highest BCUT2D eigenvalue weighted by molar-refractivity contribution is 5.86. The summed E-state index contributed by atoms with van der Waals surface area (Å²) >= 11 is 0. The number of piperidine rings is 1. The minimum atomic E-state index is -0.264. The molecule has 2 aromatic rings. The maximum absolute atomic E-state index is 10.5. The Hall–Kier alpha value is -1.40. The first-order chi connectivity index (χ1) is 13.2. The summed E-state index contributed by atoms with van der Waals surface area (Å²) in [5, 5.41) is 11.9. The van der Waals surface area contributed by atoms with Crippen LogP contribution >= 0.6 is 0 Å². The Labute approximate surface area is 162 Å². The van der Waals surface area contributed by atoms with Gasteiger partial charge in [-0.3, -0.25) is 4.90 Å². The third-order valence-corrected chi connectivity index (χ3v) is 6.28. The summed E-state index contributed by atoms with van der Waals surface area (Å²) in [6.07, 6.45) is 5.38. The summed E-state index contributed by atoms with van der Waals surface area (Å²) in [7, 11) is 0. The van der Waals surface area contributed by atoms with Crippen molar-refractivity contribution in [2.75, 3.05) is 52.5 Å². The van der Waals surface area contributed by atoms with E-state index in [9.17, 15) is 5.11 Å². The number of nitrogens with zero attached hydrogens (tertiary/aromatic N) is 2. The number of hydrogen-bond donors (Lipinski definition) is 2. The SMILES string of the molecule is CCc1cccc2c(C3CCN(CC(O)CN4CCOCC4)CC3)c[nH]c12. The summed E-state index contributed by atoms with van der Waals surface area (Å²) in [6.45, 7) is 9.40. The molecule has 5 nitrogen and oxygen atoms in total. The highest BCUT2D eigenvalue weighted by Gasteiger charge is 2.25. The smallest absolute Gasteiger partial charge is 0.0793 e. The largest absolute Gasteiger partial charge is 0.390 e. The fourth-order valence-electron chi connectivity index (χ4n) is 4.74. The van der Waals surface area contributed by atoms with Crippen molar-refractivity contribution in [1.82, 2.24) is 14.8 Å². The molecule has 1 aromatic heterocycles. The number of hydrogen-bond acceptors (Lipinski definition) is 4. The molecule has 27 heavy (non-hydrogen) atoms. The first kappa shape index (κ1) is 18.9. The van der Waals surface area contributed by atoms with E-state index in [0.717, 1.165) is 58.9 Å². The second-order valence-corrected chi connectivity index (χ2v) is 8.08. The third-order valence-electron chi connectivity index (χ3n) is 6.28. The van der Waals surface area contributed by atoms with Crippen LogP contribution in [0.5, 0.6) is 0 Å². The number of H-pyrrole nitrogens is 1. The maximum atomic E-state index is 10.5. The number of aryl methyl sites for hydroxylation is 1. The molecule has 2 saturated heterocycles. The number of para-hydroxylation sites is 1. The molecule has 0 saturated carbocycles. The number of benzene rings is 1. The monoisotopic (exact) mass is 371 g/mol. The van der Waals surface area contributed by atoms with Crippen molar-refractivity contribution < 1.29 is 9.84 Å². The molecule has 4 rings (SSSR count). The zero-order valence-electron chi connectivity index (χ0n) is 16.5. The molecular weight excluding hydrogens is 338 g/mol. The second kappa shape index (κ2) is 8.74. The number of β-amino-alcohol motifs (C(OH)–C–C–N with tert-alkyl or cyclic N) is 1. The van der Waals surface area contributed by atoms with Gasteiger partial charge in [-0.05, 0) is 49.4 Å². The van der Waals surface area contributed by atoms with Crippen LogP contribution < -0.4 is 0 Å². The molecule has 0 radical (unpaired) electrons. The standard InChI is InChI=1S/C22H33N3O2/c1-2-17-4-3-5-20-21(14-23-22(17)20)18-6-8-24(9-7-18)15-19(26)16-25-10-12-27-13-11-25/h3-5,14,18-19,23,26H,2,6-13,15-16H2,1H3. The average molecular weight is 372 g/mol. The molecule has 1 aromatic carbocycles. The van der Waals surface area contributed by atoms with Gasteiger partial charge in [0.25, 0.3) is 0 Å². The van der Waals surface area contributed by atoms with Crippen LogP contribution in [0.1, 0.15) is 36.8 Å². The second-order valence-electron chi connectivity index (χ2n) is 8.08. The van der Waals surface area contributed by atoms with Gasteiger partial charge < -0.3 is 19.7 Å². The number of likely N-dealkylation sites (tertiary alicyclic amines) is 1. The van der Waals surface area contributed by atoms with Crippen molar-refractivity contribution in [2.24, 2.45) is 0 Å². The molecule has 2 N–H and O–H groups in total. The van der Waals surface area contributed by atoms with Gasteiger partial charge in [0.2, 0.25) is 0 Å². The lowest BCUT2D eigenvalue weighted by atomic mass is 9.88. The van der Waals surface area contributed by atoms with Gasteiger partial charge in [-0.25, -0.2) is 0 Å². The van der Waals surface area contributed by atoms with E-state index in [0.29, 0.717) is 5.92 Å². The summed E-state index contributed by atoms with van der Waals surface area (Å²) in [5.41, 5.74) is 4.20. The number of aliphatic hydroxyl groups is 1. The van der Waals surface area contributed by atoms with Gasteiger partial charge in [-0.1, -0.05) is 25.1 Å². The van der Waals surface area contributed by atoms with Crippen molar-refractivity contribution in [3.63, 3.8) is 0 Å². The molecule has 0 amide bonds. The molecule has 0 spiro atoms. The predicted octanol–water partition coefficient (Wildman–Crippen LogP) is 2.60. The van der Waals surface area contributed by atoms with Crippen molar-refractivity contribution in [3.8, 4) is 0 Å². The van der Waals surface area contributed by atoms with Crippen LogP contribution in [0.2, 0.25) is 0 Å². The molecule has 2 aliphatic heterocycles. The first-order valence-corrected chi connectivity index (χ1v) is 10.5. The van der Waals surface area contributed by atoms with Gasteiger partial charge in [-0.2, -0.15) is 0 Å². The zero-order valence-corrected chi connectivity index (χ0v) is 16.5. The molecule has 2 aliphatic rings. The minimum absolute atomic E-state index is 0.264. The molecule has 0 aliphatic carbocycles. The van der Waals surface area contributed by atoms with E-state index in [4.69, 9.17) is 4.74 Å².